The van der Waals surface area contributed by atoms with Crippen LogP contribution in [0.4, 0.5) is 0 Å². The number of amides is 1. The molecule has 8 nitrogen and oxygen atoms in total. The Labute approximate surface area is 145 Å². The minimum absolute atomic E-state index is 0.0314. The quantitative estimate of drug-likeness (QED) is 0.679. The zero-order valence-corrected chi connectivity index (χ0v) is 13.9. The predicted octanol–water partition coefficient (Wildman–Crippen LogP) is -0.0830. The summed E-state index contributed by atoms with van der Waals surface area (Å²) < 4.78 is 6.81. The Hall–Kier alpha value is -2.71. The van der Waals surface area contributed by atoms with E-state index in [9.17, 15) is 9.59 Å². The fourth-order valence-corrected chi connectivity index (χ4v) is 2.52. The zero-order valence-electron chi connectivity index (χ0n) is 13.9. The topological polar surface area (TPSA) is 97.3 Å². The molecule has 1 aliphatic heterocycles. The van der Waals surface area contributed by atoms with Crippen molar-refractivity contribution in [2.75, 3.05) is 13.2 Å². The van der Waals surface area contributed by atoms with Crippen LogP contribution in [0.25, 0.3) is 0 Å². The fourth-order valence-electron chi connectivity index (χ4n) is 2.52. The molecule has 1 amide bonds. The second-order valence-electron chi connectivity index (χ2n) is 5.84. The third kappa shape index (κ3) is 4.43. The van der Waals surface area contributed by atoms with Gasteiger partial charge < -0.3 is 10.1 Å². The highest BCUT2D eigenvalue weighted by molar-refractivity contribution is 5.92. The highest BCUT2D eigenvalue weighted by Crippen LogP contribution is 2.07. The van der Waals surface area contributed by atoms with E-state index in [1.165, 1.54) is 16.8 Å². The van der Waals surface area contributed by atoms with Gasteiger partial charge in [-0.1, -0.05) is 18.2 Å². The molecular formula is C17H21N5O3. The summed E-state index contributed by atoms with van der Waals surface area (Å²) in [4.78, 5) is 24.3. The third-order valence-corrected chi connectivity index (χ3v) is 3.99. The van der Waals surface area contributed by atoms with Crippen molar-refractivity contribution in [3.8, 4) is 5.75 Å². The van der Waals surface area contributed by atoms with Gasteiger partial charge in [-0.25, -0.2) is 4.68 Å². The molecule has 0 saturated carbocycles. The molecule has 2 atom stereocenters. The lowest BCUT2D eigenvalue weighted by atomic mass is 10.1. The van der Waals surface area contributed by atoms with Crippen LogP contribution in [0.2, 0.25) is 0 Å². The Bertz CT molecular complexity index is 777. The van der Waals surface area contributed by atoms with E-state index in [0.29, 0.717) is 6.54 Å². The lowest BCUT2D eigenvalue weighted by Gasteiger charge is -2.15. The summed E-state index contributed by atoms with van der Waals surface area (Å²) in [5, 5.41) is 7.04. The van der Waals surface area contributed by atoms with Crippen molar-refractivity contribution in [2.24, 2.45) is 0 Å². The van der Waals surface area contributed by atoms with Crippen LogP contribution in [-0.4, -0.2) is 40.9 Å². The Morgan fingerprint density at radius 2 is 2.12 bits per heavy atom. The van der Waals surface area contributed by atoms with Gasteiger partial charge >= 0.3 is 0 Å². The number of carbonyl (C=O) groups is 1. The number of rotatable bonds is 6. The largest absolute Gasteiger partial charge is 0.492 e. The predicted molar refractivity (Wildman–Crippen MR) is 92.3 cm³/mol. The number of nitrogens with zero attached hydrogens (tertiary/aromatic N) is 2. The van der Waals surface area contributed by atoms with E-state index in [1.54, 1.807) is 0 Å². The molecule has 132 valence electrons. The van der Waals surface area contributed by atoms with Crippen LogP contribution in [-0.2, 0) is 6.54 Å². The van der Waals surface area contributed by atoms with Crippen molar-refractivity contribution in [2.45, 2.75) is 25.6 Å². The zero-order chi connectivity index (χ0) is 17.6. The second kappa shape index (κ2) is 7.91. The molecule has 1 fully saturated rings. The minimum Gasteiger partial charge on any atom is -0.492 e. The van der Waals surface area contributed by atoms with Gasteiger partial charge in [0.15, 0.2) is 0 Å². The van der Waals surface area contributed by atoms with Gasteiger partial charge in [-0.3, -0.25) is 20.4 Å². The number of carbonyl (C=O) groups excluding carboxylic acids is 1. The summed E-state index contributed by atoms with van der Waals surface area (Å²) in [5.74, 6) is 0.416. The van der Waals surface area contributed by atoms with Gasteiger partial charge in [-0.05, 0) is 25.1 Å². The molecule has 25 heavy (non-hydrogen) atoms. The SMILES string of the molecule is CC1NNCC1NC(=O)c1ccc(=O)n(CCOc2ccccc2)n1. The highest BCUT2D eigenvalue weighted by Gasteiger charge is 2.25. The molecule has 8 heteroatoms. The van der Waals surface area contributed by atoms with E-state index in [2.05, 4.69) is 21.3 Å². The Balaban J connectivity index is 1.61. The van der Waals surface area contributed by atoms with Crippen LogP contribution in [0.1, 0.15) is 17.4 Å². The number of hydrogen-bond acceptors (Lipinski definition) is 6. The van der Waals surface area contributed by atoms with E-state index in [0.717, 1.165) is 5.75 Å². The number of hydrogen-bond donors (Lipinski definition) is 3. The Morgan fingerprint density at radius 3 is 2.84 bits per heavy atom. The van der Waals surface area contributed by atoms with Crippen LogP contribution >= 0.6 is 0 Å². The summed E-state index contributed by atoms with van der Waals surface area (Å²) in [6.45, 7) is 3.16. The molecule has 2 aromatic rings. The van der Waals surface area contributed by atoms with Gasteiger partial charge in [-0.15, -0.1) is 0 Å². The monoisotopic (exact) mass is 343 g/mol. The summed E-state index contributed by atoms with van der Waals surface area (Å²) in [6, 6.07) is 12.2. The first-order valence-corrected chi connectivity index (χ1v) is 8.19. The molecule has 0 spiro atoms. The van der Waals surface area contributed by atoms with Crippen LogP contribution in [0.3, 0.4) is 0 Å². The lowest BCUT2D eigenvalue weighted by molar-refractivity contribution is 0.0928. The van der Waals surface area contributed by atoms with Crippen LogP contribution in [0.15, 0.2) is 47.3 Å². The van der Waals surface area contributed by atoms with E-state index < -0.39 is 0 Å². The van der Waals surface area contributed by atoms with Gasteiger partial charge in [0, 0.05) is 18.7 Å². The fraction of sp³-hybridized carbons (Fsp3) is 0.353. The molecule has 3 rings (SSSR count). The average Bonchev–Trinajstić information content (AvgIpc) is 3.02. The van der Waals surface area contributed by atoms with E-state index in [-0.39, 0.29) is 42.4 Å². The van der Waals surface area contributed by atoms with E-state index in [1.807, 2.05) is 37.3 Å². The number of hydrazine groups is 1. The molecule has 0 aliphatic carbocycles. The first kappa shape index (κ1) is 17.1. The average molecular weight is 343 g/mol. The van der Waals surface area contributed by atoms with Crippen LogP contribution < -0.4 is 26.5 Å². The molecule has 2 heterocycles. The minimum atomic E-state index is -0.305. The number of benzene rings is 1. The first-order valence-electron chi connectivity index (χ1n) is 8.19. The first-order chi connectivity index (χ1) is 12.1. The van der Waals surface area contributed by atoms with Crippen molar-refractivity contribution in [1.82, 2.24) is 25.9 Å². The maximum absolute atomic E-state index is 12.3. The Kier molecular flexibility index (Phi) is 5.42. The summed E-state index contributed by atoms with van der Waals surface area (Å²) in [5.41, 5.74) is 5.95. The van der Waals surface area contributed by atoms with Crippen LogP contribution in [0.5, 0.6) is 5.75 Å². The highest BCUT2D eigenvalue weighted by atomic mass is 16.5. The van der Waals surface area contributed by atoms with Crippen molar-refractivity contribution < 1.29 is 9.53 Å². The molecule has 1 aliphatic rings. The van der Waals surface area contributed by atoms with Crippen molar-refractivity contribution in [1.29, 1.82) is 0 Å². The molecule has 3 N–H and O–H groups in total. The van der Waals surface area contributed by atoms with Gasteiger partial charge in [0.2, 0.25) is 0 Å². The maximum Gasteiger partial charge on any atom is 0.272 e. The summed E-state index contributed by atoms with van der Waals surface area (Å²) >= 11 is 0. The van der Waals surface area contributed by atoms with Gasteiger partial charge in [0.1, 0.15) is 18.1 Å². The molecular weight excluding hydrogens is 322 g/mol. The van der Waals surface area contributed by atoms with Gasteiger partial charge in [0.05, 0.1) is 12.6 Å². The van der Waals surface area contributed by atoms with E-state index in [4.69, 9.17) is 4.74 Å². The van der Waals surface area contributed by atoms with Crippen molar-refractivity contribution in [3.05, 3.63) is 58.5 Å². The van der Waals surface area contributed by atoms with Gasteiger partial charge in [-0.2, -0.15) is 5.10 Å². The smallest absolute Gasteiger partial charge is 0.272 e. The second-order valence-corrected chi connectivity index (χ2v) is 5.84. The normalized spacial score (nSPS) is 19.6. The van der Waals surface area contributed by atoms with Crippen molar-refractivity contribution >= 4 is 5.91 Å². The summed E-state index contributed by atoms with van der Waals surface area (Å²) in [7, 11) is 0. The number of aromatic nitrogens is 2. The maximum atomic E-state index is 12.3. The standard InChI is InChI=1S/C17H21N5O3/c1-12-15(11-18-20-12)19-17(24)14-7-8-16(23)22(21-14)9-10-25-13-5-3-2-4-6-13/h2-8,12,15,18,20H,9-11H2,1H3,(H,19,24). The molecule has 1 saturated heterocycles. The molecule has 0 radical (unpaired) electrons. The molecule has 0 bridgehead atoms. The number of para-hydroxylation sites is 1. The molecule has 1 aromatic heterocycles. The molecule has 2 unspecified atom stereocenters. The van der Waals surface area contributed by atoms with Crippen LogP contribution in [0, 0.1) is 0 Å². The van der Waals surface area contributed by atoms with E-state index >= 15 is 0 Å². The molecule has 1 aromatic carbocycles. The lowest BCUT2D eigenvalue weighted by Crippen LogP contribution is -2.44. The number of nitrogens with one attached hydrogen (secondary N) is 3. The third-order valence-electron chi connectivity index (χ3n) is 3.99. The van der Waals surface area contributed by atoms with Crippen molar-refractivity contribution in [3.63, 3.8) is 0 Å². The Morgan fingerprint density at radius 1 is 1.32 bits per heavy atom. The number of ether oxygens (including phenoxy) is 1. The summed E-state index contributed by atoms with van der Waals surface area (Å²) in [6.07, 6.45) is 0. The van der Waals surface area contributed by atoms with Gasteiger partial charge in [0.25, 0.3) is 11.5 Å².